The van der Waals surface area contributed by atoms with Gasteiger partial charge in [-0.3, -0.25) is 14.4 Å². The van der Waals surface area contributed by atoms with Crippen molar-refractivity contribution in [3.05, 3.63) is 23.8 Å². The van der Waals surface area contributed by atoms with Crippen LogP contribution in [0.25, 0.3) is 0 Å². The molecule has 0 aromatic rings. The third-order valence-corrected chi connectivity index (χ3v) is 20.3. The van der Waals surface area contributed by atoms with Crippen molar-refractivity contribution in [3.8, 4) is 0 Å². The number of carbonyl (C=O) groups excluding carboxylic acids is 4. The molecule has 3 heterocycles. The van der Waals surface area contributed by atoms with E-state index in [2.05, 4.69) is 68.5 Å². The van der Waals surface area contributed by atoms with E-state index in [0.717, 1.165) is 70.6 Å². The van der Waals surface area contributed by atoms with Crippen molar-refractivity contribution < 1.29 is 61.9 Å². The van der Waals surface area contributed by atoms with E-state index in [1.807, 2.05) is 0 Å². The van der Waals surface area contributed by atoms with Crippen LogP contribution in [-0.2, 0) is 56.8 Å². The second-order valence-corrected chi connectivity index (χ2v) is 28.4. The summed E-state index contributed by atoms with van der Waals surface area (Å²) in [6.07, 6.45) is 15.4. The Kier molecular flexibility index (Phi) is 22.7. The molecule has 4 fully saturated rings. The van der Waals surface area contributed by atoms with Gasteiger partial charge in [0, 0.05) is 43.1 Å². The van der Waals surface area contributed by atoms with Crippen LogP contribution in [-0.4, -0.2) is 106 Å². The monoisotopic (exact) mass is 991 g/mol. The normalized spacial score (nSPS) is 30.9. The van der Waals surface area contributed by atoms with Crippen molar-refractivity contribution in [3.63, 3.8) is 0 Å². The minimum atomic E-state index is -2.34. The SMILES string of the molecule is CCCCCCCC(=O)O[C@H]1/C(=C/C(=O)OC)C[C@@H](C[C@H](CO[Si](C)(C)C(C)(C)C)OC(=O)C[C@H](C)C[C@@H]2CCC[C@H](C[C@@H]3CCOC4(C[C@H](C)CC[C@H]4C(C)C)O3)O2)O[C@@]1(O)C(C)(C)/C=C/C=O. The Bertz CT molecular complexity index is 1700. The predicted octanol–water partition coefficient (Wildman–Crippen LogP) is 11.3. The highest BCUT2D eigenvalue weighted by atomic mass is 28.4. The fourth-order valence-electron chi connectivity index (χ4n) is 10.7. The zero-order chi connectivity index (χ0) is 51.2. The van der Waals surface area contributed by atoms with Crippen LogP contribution in [0.2, 0.25) is 18.1 Å². The van der Waals surface area contributed by atoms with E-state index in [0.29, 0.717) is 43.5 Å². The molecule has 1 aliphatic carbocycles. The first-order valence-corrected chi connectivity index (χ1v) is 29.6. The van der Waals surface area contributed by atoms with Gasteiger partial charge in [-0.1, -0.05) is 107 Å². The summed E-state index contributed by atoms with van der Waals surface area (Å²) in [4.78, 5) is 52.0. The highest BCUT2D eigenvalue weighted by molar-refractivity contribution is 6.74. The first-order chi connectivity index (χ1) is 32.4. The van der Waals surface area contributed by atoms with Gasteiger partial charge in [-0.25, -0.2) is 4.79 Å². The summed E-state index contributed by atoms with van der Waals surface area (Å²) in [6, 6.07) is 0. The maximum Gasteiger partial charge on any atom is 0.330 e. The average Bonchev–Trinajstić information content (AvgIpc) is 3.25. The lowest BCUT2D eigenvalue weighted by Crippen LogP contribution is -2.62. The molecule has 11 atom stereocenters. The minimum absolute atomic E-state index is 0.0178. The Morgan fingerprint density at radius 1 is 0.899 bits per heavy atom. The molecule has 0 amide bonds. The molecule has 3 aliphatic heterocycles. The fourth-order valence-corrected chi connectivity index (χ4v) is 11.7. The van der Waals surface area contributed by atoms with E-state index < -0.39 is 55.6 Å². The Morgan fingerprint density at radius 2 is 1.61 bits per heavy atom. The van der Waals surface area contributed by atoms with Crippen LogP contribution in [0.3, 0.4) is 0 Å². The number of esters is 3. The van der Waals surface area contributed by atoms with E-state index in [4.69, 9.17) is 37.6 Å². The molecular formula is C55H94O13Si. The van der Waals surface area contributed by atoms with Gasteiger partial charge in [0.05, 0.1) is 44.7 Å². The molecule has 1 spiro atoms. The lowest BCUT2D eigenvalue weighted by atomic mass is 9.72. The van der Waals surface area contributed by atoms with Gasteiger partial charge in [0.25, 0.3) is 0 Å². The van der Waals surface area contributed by atoms with Crippen LogP contribution in [0.4, 0.5) is 0 Å². The first-order valence-electron chi connectivity index (χ1n) is 26.7. The molecule has 1 N–H and O–H groups in total. The van der Waals surface area contributed by atoms with Crippen LogP contribution in [0.1, 0.15) is 185 Å². The van der Waals surface area contributed by atoms with Crippen LogP contribution in [0, 0.1) is 29.1 Å². The lowest BCUT2D eigenvalue weighted by Gasteiger charge is -2.51. The van der Waals surface area contributed by atoms with Gasteiger partial charge in [-0.2, -0.15) is 0 Å². The van der Waals surface area contributed by atoms with E-state index in [1.54, 1.807) is 13.8 Å². The largest absolute Gasteiger partial charge is 0.466 e. The number of unbranched alkanes of at least 4 members (excludes halogenated alkanes) is 4. The van der Waals surface area contributed by atoms with E-state index >= 15 is 0 Å². The summed E-state index contributed by atoms with van der Waals surface area (Å²) in [6.45, 7) is 25.9. The maximum atomic E-state index is 14.0. The third kappa shape index (κ3) is 17.1. The van der Waals surface area contributed by atoms with Crippen molar-refractivity contribution in [2.75, 3.05) is 20.3 Å². The summed E-state index contributed by atoms with van der Waals surface area (Å²) in [5.41, 5.74) is -1.04. The Morgan fingerprint density at radius 3 is 2.28 bits per heavy atom. The van der Waals surface area contributed by atoms with E-state index in [-0.39, 0.29) is 73.1 Å². The summed E-state index contributed by atoms with van der Waals surface area (Å²) < 4.78 is 50.9. The molecule has 0 bridgehead atoms. The smallest absolute Gasteiger partial charge is 0.330 e. The highest BCUT2D eigenvalue weighted by Crippen LogP contribution is 2.49. The van der Waals surface area contributed by atoms with Gasteiger partial charge < -0.3 is 42.7 Å². The van der Waals surface area contributed by atoms with E-state index in [9.17, 15) is 24.3 Å². The average molecular weight is 991 g/mol. The summed E-state index contributed by atoms with van der Waals surface area (Å²) in [5.74, 6) is -2.96. The number of hydrogen-bond acceptors (Lipinski definition) is 13. The first kappa shape index (κ1) is 59.1. The van der Waals surface area contributed by atoms with Crippen molar-refractivity contribution in [2.24, 2.45) is 29.1 Å². The molecule has 0 aromatic carbocycles. The highest BCUT2D eigenvalue weighted by Gasteiger charge is 2.58. The molecule has 0 aromatic heterocycles. The van der Waals surface area contributed by atoms with Crippen molar-refractivity contribution >= 4 is 32.5 Å². The Hall–Kier alpha value is -2.46. The molecule has 396 valence electrons. The Balaban J connectivity index is 1.49. The molecule has 0 radical (unpaired) electrons. The van der Waals surface area contributed by atoms with Crippen molar-refractivity contribution in [2.45, 2.75) is 251 Å². The van der Waals surface area contributed by atoms with Crippen molar-refractivity contribution in [1.29, 1.82) is 0 Å². The maximum absolute atomic E-state index is 14.0. The lowest BCUT2D eigenvalue weighted by molar-refractivity contribution is -0.342. The van der Waals surface area contributed by atoms with Crippen molar-refractivity contribution in [1.82, 2.24) is 0 Å². The number of aliphatic hydroxyl groups is 1. The van der Waals surface area contributed by atoms with E-state index in [1.165, 1.54) is 31.8 Å². The van der Waals surface area contributed by atoms with Crippen LogP contribution < -0.4 is 0 Å². The number of ether oxygens (including phenoxy) is 7. The number of carbonyl (C=O) groups is 4. The standard InChI is InChI=1S/C55H94O13Si/c1-14-15-16-17-18-23-48(57)66-51-41(33-49(58)61-11)32-45(68-55(51,60)53(9,10)27-20-28-56)35-46(37-63-69(12,13)52(6,7)8)65-50(59)31-40(5)30-42-21-19-22-43(64-42)34-44-26-29-62-54(67-44)36-39(4)24-25-47(54)38(2)3/h20,27-28,33,38-40,42-47,51,60H,14-19,21-26,29-32,34-37H2,1-13H3/b27-20+,41-33+/t39-,40-,42+,43-,44+,45+,46-,47+,51+,54?,55-/m1/s1. The second kappa shape index (κ2) is 26.5. The van der Waals surface area contributed by atoms with Gasteiger partial charge in [0.15, 0.2) is 20.2 Å². The number of hydrogen-bond donors (Lipinski definition) is 1. The number of allylic oxidation sites excluding steroid dienone is 1. The molecule has 4 aliphatic rings. The van der Waals surface area contributed by atoms with Gasteiger partial charge in [0.2, 0.25) is 5.79 Å². The zero-order valence-electron chi connectivity index (χ0n) is 45.1. The summed E-state index contributed by atoms with van der Waals surface area (Å²) >= 11 is 0. The van der Waals surface area contributed by atoms with Gasteiger partial charge in [-0.05, 0) is 105 Å². The minimum Gasteiger partial charge on any atom is -0.466 e. The molecule has 1 saturated carbocycles. The van der Waals surface area contributed by atoms with Gasteiger partial charge in [-0.15, -0.1) is 0 Å². The number of rotatable bonds is 24. The molecule has 4 rings (SSSR count). The zero-order valence-corrected chi connectivity index (χ0v) is 46.1. The summed E-state index contributed by atoms with van der Waals surface area (Å²) in [5, 5.41) is 12.6. The molecular weight excluding hydrogens is 897 g/mol. The fraction of sp³-hybridized carbons (Fsp3) is 0.855. The number of aldehydes is 1. The predicted molar refractivity (Wildman–Crippen MR) is 269 cm³/mol. The van der Waals surface area contributed by atoms with Gasteiger partial charge >= 0.3 is 17.9 Å². The van der Waals surface area contributed by atoms with Crippen LogP contribution in [0.15, 0.2) is 23.8 Å². The van der Waals surface area contributed by atoms with Crippen LogP contribution >= 0.6 is 0 Å². The number of methoxy groups -OCH3 is 1. The second-order valence-electron chi connectivity index (χ2n) is 23.6. The molecule has 3 saturated heterocycles. The third-order valence-electron chi connectivity index (χ3n) is 15.8. The van der Waals surface area contributed by atoms with Crippen LogP contribution in [0.5, 0.6) is 0 Å². The molecule has 69 heavy (non-hydrogen) atoms. The Labute approximate surface area is 417 Å². The van der Waals surface area contributed by atoms with Gasteiger partial charge in [0.1, 0.15) is 12.4 Å². The molecule has 14 heteroatoms. The molecule has 13 nitrogen and oxygen atoms in total. The summed E-state index contributed by atoms with van der Waals surface area (Å²) in [7, 11) is -1.09. The quantitative estimate of drug-likeness (QED) is 0.0243. The molecule has 1 unspecified atom stereocenters. The topological polar surface area (TPSA) is 162 Å².